The summed E-state index contributed by atoms with van der Waals surface area (Å²) in [6.07, 6.45) is 0.831. The second kappa shape index (κ2) is 3.98. The number of carbonyl (C=O) groups excluding carboxylic acids is 1. The minimum Gasteiger partial charge on any atom is -0.465 e. The van der Waals surface area contributed by atoms with Crippen molar-refractivity contribution in [1.82, 2.24) is 0 Å². The van der Waals surface area contributed by atoms with Crippen LogP contribution in [0.3, 0.4) is 0 Å². The molecule has 0 aliphatic rings. The van der Waals surface area contributed by atoms with Gasteiger partial charge in [-0.25, -0.2) is 17.6 Å². The third kappa shape index (κ3) is 2.33. The van der Waals surface area contributed by atoms with E-state index in [2.05, 4.69) is 4.74 Å². The third-order valence-corrected chi connectivity index (χ3v) is 2.90. The monoisotopic (exact) mass is 232 g/mol. The smallest absolute Gasteiger partial charge is 0.339 e. The van der Waals surface area contributed by atoms with Crippen LogP contribution in [0.4, 0.5) is 4.39 Å². The number of sulfone groups is 1. The van der Waals surface area contributed by atoms with Crippen LogP contribution < -0.4 is 0 Å². The Morgan fingerprint density at radius 2 is 2.00 bits per heavy atom. The first-order valence-corrected chi connectivity index (χ1v) is 5.84. The number of carbonyl (C=O) groups is 1. The van der Waals surface area contributed by atoms with Gasteiger partial charge in [0.1, 0.15) is 10.7 Å². The summed E-state index contributed by atoms with van der Waals surface area (Å²) in [7, 11) is -2.70. The zero-order valence-corrected chi connectivity index (χ0v) is 8.97. The SMILES string of the molecule is COC(=O)c1cccc(F)c1S(C)(=O)=O. The Labute approximate surface area is 86.6 Å². The van der Waals surface area contributed by atoms with Crippen LogP contribution in [0.15, 0.2) is 23.1 Å². The molecule has 4 nitrogen and oxygen atoms in total. The predicted molar refractivity (Wildman–Crippen MR) is 50.8 cm³/mol. The van der Waals surface area contributed by atoms with E-state index >= 15 is 0 Å². The first kappa shape index (κ1) is 11.6. The molecule has 0 N–H and O–H groups in total. The van der Waals surface area contributed by atoms with Crippen LogP contribution in [0.5, 0.6) is 0 Å². The molecule has 0 atom stereocenters. The summed E-state index contributed by atoms with van der Waals surface area (Å²) in [5.41, 5.74) is -0.292. The van der Waals surface area contributed by atoms with E-state index in [0.717, 1.165) is 19.4 Å². The fourth-order valence-electron chi connectivity index (χ4n) is 1.16. The van der Waals surface area contributed by atoms with Crippen LogP contribution in [-0.4, -0.2) is 27.8 Å². The van der Waals surface area contributed by atoms with E-state index in [1.54, 1.807) is 0 Å². The van der Waals surface area contributed by atoms with Gasteiger partial charge >= 0.3 is 5.97 Å². The van der Waals surface area contributed by atoms with Crippen LogP contribution in [0, 0.1) is 5.82 Å². The Balaban J connectivity index is 3.54. The van der Waals surface area contributed by atoms with E-state index in [9.17, 15) is 17.6 Å². The van der Waals surface area contributed by atoms with E-state index in [0.29, 0.717) is 0 Å². The number of rotatable bonds is 2. The fourth-order valence-corrected chi connectivity index (χ4v) is 2.13. The lowest BCUT2D eigenvalue weighted by Gasteiger charge is -2.06. The van der Waals surface area contributed by atoms with Gasteiger partial charge < -0.3 is 4.74 Å². The highest BCUT2D eigenvalue weighted by molar-refractivity contribution is 7.90. The minimum atomic E-state index is -3.80. The third-order valence-electron chi connectivity index (χ3n) is 1.74. The Bertz CT molecular complexity index is 493. The maximum Gasteiger partial charge on any atom is 0.339 e. The lowest BCUT2D eigenvalue weighted by atomic mass is 10.2. The Kier molecular flexibility index (Phi) is 3.09. The van der Waals surface area contributed by atoms with Crippen molar-refractivity contribution in [1.29, 1.82) is 0 Å². The van der Waals surface area contributed by atoms with Gasteiger partial charge in [-0.2, -0.15) is 0 Å². The molecule has 0 radical (unpaired) electrons. The average Bonchev–Trinajstić information content (AvgIpc) is 2.14. The number of benzene rings is 1. The van der Waals surface area contributed by atoms with Crippen LogP contribution >= 0.6 is 0 Å². The quantitative estimate of drug-likeness (QED) is 0.714. The Morgan fingerprint density at radius 1 is 1.40 bits per heavy atom. The predicted octanol–water partition coefficient (Wildman–Crippen LogP) is 1.02. The van der Waals surface area contributed by atoms with Crippen molar-refractivity contribution in [2.75, 3.05) is 13.4 Å². The number of esters is 1. The molecule has 0 saturated carbocycles. The van der Waals surface area contributed by atoms with E-state index in [1.165, 1.54) is 12.1 Å². The lowest BCUT2D eigenvalue weighted by molar-refractivity contribution is 0.0595. The topological polar surface area (TPSA) is 60.4 Å². The molecule has 0 amide bonds. The fraction of sp³-hybridized carbons (Fsp3) is 0.222. The van der Waals surface area contributed by atoms with Crippen LogP contribution in [0.1, 0.15) is 10.4 Å². The summed E-state index contributed by atoms with van der Waals surface area (Å²) in [5, 5.41) is 0. The molecule has 0 unspecified atom stereocenters. The highest BCUT2D eigenvalue weighted by Gasteiger charge is 2.23. The van der Waals surface area contributed by atoms with Crippen molar-refractivity contribution < 1.29 is 22.3 Å². The first-order chi connectivity index (χ1) is 6.88. The van der Waals surface area contributed by atoms with Crippen molar-refractivity contribution in [3.05, 3.63) is 29.6 Å². The zero-order valence-electron chi connectivity index (χ0n) is 8.15. The Morgan fingerprint density at radius 3 is 2.47 bits per heavy atom. The molecule has 0 aliphatic carbocycles. The second-order valence-electron chi connectivity index (χ2n) is 2.88. The van der Waals surface area contributed by atoms with Crippen molar-refractivity contribution in [2.45, 2.75) is 4.90 Å². The molecule has 0 spiro atoms. The van der Waals surface area contributed by atoms with Crippen LogP contribution in [0.2, 0.25) is 0 Å². The number of hydrogen-bond acceptors (Lipinski definition) is 4. The second-order valence-corrected chi connectivity index (χ2v) is 4.83. The van der Waals surface area contributed by atoms with Gasteiger partial charge in [0.05, 0.1) is 12.7 Å². The average molecular weight is 232 g/mol. The van der Waals surface area contributed by atoms with Gasteiger partial charge in [-0.15, -0.1) is 0 Å². The summed E-state index contributed by atoms with van der Waals surface area (Å²) in [5.74, 6) is -1.84. The van der Waals surface area contributed by atoms with E-state index < -0.39 is 26.5 Å². The van der Waals surface area contributed by atoms with Crippen molar-refractivity contribution in [3.8, 4) is 0 Å². The molecular weight excluding hydrogens is 223 g/mol. The normalized spacial score (nSPS) is 11.1. The van der Waals surface area contributed by atoms with Gasteiger partial charge in [0.15, 0.2) is 9.84 Å². The largest absolute Gasteiger partial charge is 0.465 e. The molecule has 82 valence electrons. The van der Waals surface area contributed by atoms with Gasteiger partial charge in [0.25, 0.3) is 0 Å². The van der Waals surface area contributed by atoms with Crippen LogP contribution in [0.25, 0.3) is 0 Å². The van der Waals surface area contributed by atoms with Gasteiger partial charge in [0, 0.05) is 6.26 Å². The molecule has 0 fully saturated rings. The molecular formula is C9H9FO4S. The van der Waals surface area contributed by atoms with Crippen LogP contribution in [-0.2, 0) is 14.6 Å². The summed E-state index contributed by atoms with van der Waals surface area (Å²) in [4.78, 5) is 10.6. The highest BCUT2D eigenvalue weighted by atomic mass is 32.2. The number of hydrogen-bond donors (Lipinski definition) is 0. The summed E-state index contributed by atoms with van der Waals surface area (Å²) in [6.45, 7) is 0. The van der Waals surface area contributed by atoms with Gasteiger partial charge in [-0.05, 0) is 12.1 Å². The molecule has 15 heavy (non-hydrogen) atoms. The molecule has 1 rings (SSSR count). The molecule has 6 heteroatoms. The highest BCUT2D eigenvalue weighted by Crippen LogP contribution is 2.20. The summed E-state index contributed by atoms with van der Waals surface area (Å²) < 4.78 is 40.1. The maximum absolute atomic E-state index is 13.3. The summed E-state index contributed by atoms with van der Waals surface area (Å²) >= 11 is 0. The molecule has 0 saturated heterocycles. The summed E-state index contributed by atoms with van der Waals surface area (Å²) in [6, 6.07) is 3.42. The molecule has 0 bridgehead atoms. The Hall–Kier alpha value is -1.43. The molecule has 0 heterocycles. The first-order valence-electron chi connectivity index (χ1n) is 3.95. The van der Waals surface area contributed by atoms with Crippen molar-refractivity contribution in [3.63, 3.8) is 0 Å². The van der Waals surface area contributed by atoms with Gasteiger partial charge in [0.2, 0.25) is 0 Å². The zero-order chi connectivity index (χ0) is 11.6. The number of halogens is 1. The lowest BCUT2D eigenvalue weighted by Crippen LogP contribution is -2.11. The molecule has 1 aromatic rings. The number of ether oxygens (including phenoxy) is 1. The maximum atomic E-state index is 13.3. The van der Waals surface area contributed by atoms with E-state index in [4.69, 9.17) is 0 Å². The molecule has 0 aromatic heterocycles. The van der Waals surface area contributed by atoms with E-state index in [-0.39, 0.29) is 5.56 Å². The van der Waals surface area contributed by atoms with Crippen molar-refractivity contribution in [2.24, 2.45) is 0 Å². The van der Waals surface area contributed by atoms with Crippen molar-refractivity contribution >= 4 is 15.8 Å². The molecule has 1 aromatic carbocycles. The molecule has 0 aliphatic heterocycles. The van der Waals surface area contributed by atoms with Gasteiger partial charge in [-0.1, -0.05) is 6.07 Å². The number of methoxy groups -OCH3 is 1. The minimum absolute atomic E-state index is 0.292. The standard InChI is InChI=1S/C9H9FO4S/c1-14-9(11)6-4-3-5-7(10)8(6)15(2,12)13/h3-5H,1-2H3. The van der Waals surface area contributed by atoms with E-state index in [1.807, 2.05) is 0 Å². The van der Waals surface area contributed by atoms with Gasteiger partial charge in [-0.3, -0.25) is 0 Å².